The lowest BCUT2D eigenvalue weighted by Crippen LogP contribution is -1.37. The van der Waals surface area contributed by atoms with Crippen LogP contribution in [-0.4, -0.2) is 14.2 Å². The van der Waals surface area contributed by atoms with Crippen LogP contribution in [0.25, 0.3) is 0 Å². The van der Waals surface area contributed by atoms with Crippen molar-refractivity contribution >= 4 is 25.9 Å². The molecule has 0 heterocycles. The standard InChI is InChI=1S/CH6BPS/c1-3(2)4/h3H,2H2,1H3. The van der Waals surface area contributed by atoms with Crippen LogP contribution in [-0.2, 0) is 11.8 Å². The van der Waals surface area contributed by atoms with Gasteiger partial charge in [-0.25, -0.2) is 0 Å². The van der Waals surface area contributed by atoms with E-state index in [1.807, 2.05) is 0 Å². The number of hydrogen-bond acceptors (Lipinski definition) is 1. The van der Waals surface area contributed by atoms with Gasteiger partial charge in [0.1, 0.15) is 7.57 Å². The summed E-state index contributed by atoms with van der Waals surface area (Å²) in [5.41, 5.74) is 0. The maximum Gasteiger partial charge on any atom is 0.144 e. The van der Waals surface area contributed by atoms with Gasteiger partial charge in [-0.15, -0.1) is 11.8 Å². The molecule has 0 aromatic rings. The second kappa shape index (κ2) is 1.98. The highest BCUT2D eigenvalue weighted by Crippen LogP contribution is 1.99. The SMILES string of the molecule is B[PH](C)=S. The Balaban J connectivity index is 2.80. The summed E-state index contributed by atoms with van der Waals surface area (Å²) < 4.78 is 0. The van der Waals surface area contributed by atoms with Gasteiger partial charge in [0, 0.05) is 0 Å². The lowest BCUT2D eigenvalue weighted by atomic mass is 10.8. The predicted molar refractivity (Wildman–Crippen MR) is 30.1 cm³/mol. The first-order valence-electron chi connectivity index (χ1n) is 1.20. The van der Waals surface area contributed by atoms with Crippen LogP contribution < -0.4 is 0 Å². The summed E-state index contributed by atoms with van der Waals surface area (Å²) in [7, 11) is 2.08. The summed E-state index contributed by atoms with van der Waals surface area (Å²) in [5.74, 6) is 0. The van der Waals surface area contributed by atoms with Gasteiger partial charge >= 0.3 is 0 Å². The Hall–Kier alpha value is 0.715. The monoisotopic (exact) mass is 92.0 g/mol. The first kappa shape index (κ1) is 4.71. The van der Waals surface area contributed by atoms with Crippen molar-refractivity contribution in [2.45, 2.75) is 0 Å². The molecule has 0 N–H and O–H groups in total. The van der Waals surface area contributed by atoms with Gasteiger partial charge in [-0.05, 0) is 6.66 Å². The molecule has 0 nitrogen and oxygen atoms in total. The van der Waals surface area contributed by atoms with Crippen LogP contribution >= 0.6 is 6.58 Å². The van der Waals surface area contributed by atoms with E-state index in [2.05, 4.69) is 14.2 Å². The fraction of sp³-hybridized carbons (Fsp3) is 1.00. The van der Waals surface area contributed by atoms with E-state index in [1.165, 1.54) is 0 Å². The average molecular weight is 91.9 g/mol. The second-order valence-electron chi connectivity index (χ2n) is 0.908. The third kappa shape index (κ3) is 15.6. The van der Waals surface area contributed by atoms with E-state index >= 15 is 0 Å². The average Bonchev–Trinajstić information content (AvgIpc) is 0.811. The molecule has 0 saturated carbocycles. The van der Waals surface area contributed by atoms with E-state index in [9.17, 15) is 0 Å². The Labute approximate surface area is 33.4 Å². The van der Waals surface area contributed by atoms with Crippen molar-refractivity contribution < 1.29 is 0 Å². The predicted octanol–water partition coefficient (Wildman–Crippen LogP) is -0.160. The lowest BCUT2D eigenvalue weighted by molar-refractivity contribution is 2.50. The van der Waals surface area contributed by atoms with Gasteiger partial charge in [-0.3, -0.25) is 0 Å². The summed E-state index contributed by atoms with van der Waals surface area (Å²) in [6.07, 6.45) is 0. The Morgan fingerprint density at radius 2 is 2.00 bits per heavy atom. The zero-order chi connectivity index (χ0) is 3.58. The molecule has 0 fully saturated rings. The summed E-state index contributed by atoms with van der Waals surface area (Å²) in [4.78, 5) is 0. The van der Waals surface area contributed by atoms with E-state index in [-0.39, 0.29) is 6.58 Å². The molecule has 4 heavy (non-hydrogen) atoms. The normalized spacial score (nSPS) is 15.2. The highest BCUT2D eigenvalue weighted by Gasteiger charge is 1.55. The Morgan fingerprint density at radius 3 is 2.00 bits per heavy atom. The summed E-state index contributed by atoms with van der Waals surface area (Å²) in [6.45, 7) is 1.79. The fourth-order valence-corrected chi connectivity index (χ4v) is 0. The zero-order valence-electron chi connectivity index (χ0n) is 2.91. The topological polar surface area (TPSA) is 0 Å². The first-order chi connectivity index (χ1) is 1.73. The highest BCUT2D eigenvalue weighted by molar-refractivity contribution is 8.16. The molecule has 0 aromatic heterocycles. The Morgan fingerprint density at radius 1 is 2.00 bits per heavy atom. The van der Waals surface area contributed by atoms with Crippen molar-refractivity contribution in [2.75, 3.05) is 6.66 Å². The van der Waals surface area contributed by atoms with Crippen LogP contribution in [0.4, 0.5) is 0 Å². The molecule has 0 rings (SSSR count). The molecule has 1 unspecified atom stereocenters. The van der Waals surface area contributed by atoms with E-state index in [0.717, 1.165) is 0 Å². The molecule has 0 amide bonds. The van der Waals surface area contributed by atoms with Crippen LogP contribution in [0.2, 0.25) is 0 Å². The van der Waals surface area contributed by atoms with Gasteiger partial charge in [-0.1, -0.05) is 6.58 Å². The molecule has 0 aliphatic carbocycles. The van der Waals surface area contributed by atoms with E-state index in [0.29, 0.717) is 0 Å². The van der Waals surface area contributed by atoms with Crippen LogP contribution in [0.15, 0.2) is 0 Å². The van der Waals surface area contributed by atoms with Crippen molar-refractivity contribution in [1.82, 2.24) is 0 Å². The lowest BCUT2D eigenvalue weighted by Gasteiger charge is -1.62. The molecule has 0 aliphatic rings. The quantitative estimate of drug-likeness (QED) is 0.295. The summed E-state index contributed by atoms with van der Waals surface area (Å²) in [5, 5.41) is 0. The molecule has 3 heteroatoms. The third-order valence-electron chi connectivity index (χ3n) is 0. The van der Waals surface area contributed by atoms with Crippen LogP contribution in [0, 0.1) is 0 Å². The van der Waals surface area contributed by atoms with Gasteiger partial charge in [0.05, 0.1) is 0 Å². The molecule has 0 spiro atoms. The van der Waals surface area contributed by atoms with Crippen LogP contribution in [0.3, 0.4) is 0 Å². The molecular weight excluding hydrogens is 85.9 g/mol. The largest absolute Gasteiger partial charge is 0.144 e. The molecular formula is CH6BPS. The maximum absolute atomic E-state index is 4.72. The van der Waals surface area contributed by atoms with Crippen molar-refractivity contribution in [1.29, 1.82) is 0 Å². The molecule has 0 radical (unpaired) electrons. The summed E-state index contributed by atoms with van der Waals surface area (Å²) >= 11 is 4.72. The van der Waals surface area contributed by atoms with E-state index in [1.54, 1.807) is 0 Å². The first-order valence-corrected chi connectivity index (χ1v) is 4.84. The van der Waals surface area contributed by atoms with Crippen molar-refractivity contribution in [3.63, 3.8) is 0 Å². The van der Waals surface area contributed by atoms with Gasteiger partial charge in [-0.2, -0.15) is 0 Å². The van der Waals surface area contributed by atoms with E-state index < -0.39 is 0 Å². The van der Waals surface area contributed by atoms with Crippen molar-refractivity contribution in [3.8, 4) is 0 Å². The minimum Gasteiger partial charge on any atom is -0.112 e. The highest BCUT2D eigenvalue weighted by atomic mass is 32.4. The molecule has 0 bridgehead atoms. The van der Waals surface area contributed by atoms with Gasteiger partial charge < -0.3 is 0 Å². The van der Waals surface area contributed by atoms with Crippen LogP contribution in [0.5, 0.6) is 0 Å². The van der Waals surface area contributed by atoms with Gasteiger partial charge in [0.25, 0.3) is 0 Å². The molecule has 0 saturated heterocycles. The smallest absolute Gasteiger partial charge is 0.112 e. The van der Waals surface area contributed by atoms with Gasteiger partial charge in [0.2, 0.25) is 0 Å². The number of hydrogen-bond donors (Lipinski definition) is 0. The zero-order valence-corrected chi connectivity index (χ0v) is 4.72. The van der Waals surface area contributed by atoms with Crippen molar-refractivity contribution in [2.24, 2.45) is 0 Å². The molecule has 0 aliphatic heterocycles. The van der Waals surface area contributed by atoms with Crippen LogP contribution in [0.1, 0.15) is 0 Å². The number of rotatable bonds is 0. The van der Waals surface area contributed by atoms with Crippen molar-refractivity contribution in [3.05, 3.63) is 0 Å². The fourth-order valence-electron chi connectivity index (χ4n) is 0. The van der Waals surface area contributed by atoms with E-state index in [4.69, 9.17) is 11.8 Å². The molecule has 24 valence electrons. The maximum atomic E-state index is 4.72. The minimum absolute atomic E-state index is 0.296. The van der Waals surface area contributed by atoms with Gasteiger partial charge in [0.15, 0.2) is 0 Å². The Bertz CT molecular complexity index is 31.0. The Kier molecular flexibility index (Phi) is 2.34. The molecule has 1 atom stereocenters. The second-order valence-corrected chi connectivity index (χ2v) is 5.17. The summed E-state index contributed by atoms with van der Waals surface area (Å²) in [6, 6.07) is 0. The minimum atomic E-state index is -0.296. The molecule has 0 aromatic carbocycles. The third-order valence-corrected chi connectivity index (χ3v) is 0.